The summed E-state index contributed by atoms with van der Waals surface area (Å²) in [5.74, 6) is 0.875. The first kappa shape index (κ1) is 13.8. The van der Waals surface area contributed by atoms with E-state index in [9.17, 15) is 9.90 Å². The van der Waals surface area contributed by atoms with Gasteiger partial charge in [0.1, 0.15) is 18.0 Å². The van der Waals surface area contributed by atoms with Crippen LogP contribution in [-0.2, 0) is 12.0 Å². The Labute approximate surface area is 124 Å². The Hall–Kier alpha value is -2.13. The van der Waals surface area contributed by atoms with Gasteiger partial charge in [-0.2, -0.15) is 0 Å². The van der Waals surface area contributed by atoms with E-state index in [1.807, 2.05) is 48.5 Å². The van der Waals surface area contributed by atoms with E-state index in [0.717, 1.165) is 23.1 Å². The Balaban J connectivity index is 1.79. The highest BCUT2D eigenvalue weighted by atomic mass is 16.5. The van der Waals surface area contributed by atoms with Gasteiger partial charge in [-0.15, -0.1) is 0 Å². The number of hydrogen-bond donors (Lipinski definition) is 1. The van der Waals surface area contributed by atoms with Gasteiger partial charge in [-0.3, -0.25) is 4.79 Å². The van der Waals surface area contributed by atoms with Crippen LogP contribution in [0.4, 0.5) is 0 Å². The molecule has 0 bridgehead atoms. The van der Waals surface area contributed by atoms with Crippen molar-refractivity contribution in [3.8, 4) is 5.75 Å². The molecule has 0 fully saturated rings. The van der Waals surface area contributed by atoms with Crippen molar-refractivity contribution in [3.05, 3.63) is 65.2 Å². The van der Waals surface area contributed by atoms with Crippen LogP contribution in [-0.4, -0.2) is 17.5 Å². The number of carbonyl (C=O) groups is 1. The quantitative estimate of drug-likeness (QED) is 0.937. The fourth-order valence-electron chi connectivity index (χ4n) is 2.69. The first-order chi connectivity index (χ1) is 10.1. The SMILES string of the molecule is CC(O)(COc1cccc2c1CCC2=O)c1ccccc1. The highest BCUT2D eigenvalue weighted by Crippen LogP contribution is 2.31. The summed E-state index contributed by atoms with van der Waals surface area (Å²) in [6.45, 7) is 1.89. The smallest absolute Gasteiger partial charge is 0.163 e. The van der Waals surface area contributed by atoms with Crippen LogP contribution in [0.1, 0.15) is 34.8 Å². The molecule has 1 unspecified atom stereocenters. The summed E-state index contributed by atoms with van der Waals surface area (Å²) in [5, 5.41) is 10.6. The number of benzene rings is 2. The van der Waals surface area contributed by atoms with E-state index in [0.29, 0.717) is 12.2 Å². The van der Waals surface area contributed by atoms with Crippen molar-refractivity contribution < 1.29 is 14.6 Å². The first-order valence-electron chi connectivity index (χ1n) is 7.14. The molecule has 0 radical (unpaired) electrons. The van der Waals surface area contributed by atoms with Crippen LogP contribution in [0.5, 0.6) is 5.75 Å². The number of Topliss-reactive ketones (excluding diaryl/α,β-unsaturated/α-hetero) is 1. The molecule has 3 rings (SSSR count). The summed E-state index contributed by atoms with van der Waals surface area (Å²) in [4.78, 5) is 11.7. The largest absolute Gasteiger partial charge is 0.490 e. The minimum Gasteiger partial charge on any atom is -0.490 e. The zero-order chi connectivity index (χ0) is 14.9. The predicted octanol–water partition coefficient (Wildman–Crippen LogP) is 3.10. The van der Waals surface area contributed by atoms with Crippen LogP contribution in [0.15, 0.2) is 48.5 Å². The maximum atomic E-state index is 11.7. The van der Waals surface area contributed by atoms with Gasteiger partial charge in [0.15, 0.2) is 5.78 Å². The lowest BCUT2D eigenvalue weighted by Gasteiger charge is -2.24. The van der Waals surface area contributed by atoms with Crippen molar-refractivity contribution in [1.82, 2.24) is 0 Å². The average molecular weight is 282 g/mol. The summed E-state index contributed by atoms with van der Waals surface area (Å²) in [5.41, 5.74) is 1.47. The van der Waals surface area contributed by atoms with Gasteiger partial charge in [0.05, 0.1) is 0 Å². The summed E-state index contributed by atoms with van der Waals surface area (Å²) >= 11 is 0. The summed E-state index contributed by atoms with van der Waals surface area (Å²) < 4.78 is 5.81. The third kappa shape index (κ3) is 2.69. The number of carbonyl (C=O) groups excluding carboxylic acids is 1. The molecule has 3 nitrogen and oxygen atoms in total. The molecule has 0 aliphatic heterocycles. The Morgan fingerprint density at radius 3 is 2.62 bits per heavy atom. The number of aliphatic hydroxyl groups is 1. The first-order valence-corrected chi connectivity index (χ1v) is 7.14. The van der Waals surface area contributed by atoms with Crippen molar-refractivity contribution in [2.75, 3.05) is 6.61 Å². The molecule has 0 aromatic heterocycles. The van der Waals surface area contributed by atoms with Gasteiger partial charge in [-0.1, -0.05) is 42.5 Å². The van der Waals surface area contributed by atoms with Crippen molar-refractivity contribution >= 4 is 5.78 Å². The maximum absolute atomic E-state index is 11.7. The van der Waals surface area contributed by atoms with Crippen LogP contribution >= 0.6 is 0 Å². The Morgan fingerprint density at radius 1 is 1.10 bits per heavy atom. The lowest BCUT2D eigenvalue weighted by atomic mass is 9.97. The molecule has 2 aromatic carbocycles. The zero-order valence-corrected chi connectivity index (χ0v) is 12.0. The molecule has 1 aliphatic carbocycles. The minimum atomic E-state index is -1.06. The van der Waals surface area contributed by atoms with E-state index < -0.39 is 5.60 Å². The topological polar surface area (TPSA) is 46.5 Å². The number of rotatable bonds is 4. The second-order valence-electron chi connectivity index (χ2n) is 5.63. The standard InChI is InChI=1S/C18H18O3/c1-18(20,13-6-3-2-4-7-13)12-21-17-9-5-8-14-15(17)10-11-16(14)19/h2-9,20H,10-12H2,1H3. The van der Waals surface area contributed by atoms with E-state index in [2.05, 4.69) is 0 Å². The van der Waals surface area contributed by atoms with E-state index in [-0.39, 0.29) is 12.4 Å². The lowest BCUT2D eigenvalue weighted by Crippen LogP contribution is -2.29. The van der Waals surface area contributed by atoms with Gasteiger partial charge in [-0.05, 0) is 25.0 Å². The molecule has 0 saturated carbocycles. The predicted molar refractivity (Wildman–Crippen MR) is 80.6 cm³/mol. The van der Waals surface area contributed by atoms with Crippen LogP contribution in [0, 0.1) is 0 Å². The summed E-state index contributed by atoms with van der Waals surface area (Å²) in [7, 11) is 0. The maximum Gasteiger partial charge on any atom is 0.163 e. The highest BCUT2D eigenvalue weighted by molar-refractivity contribution is 6.01. The molecule has 108 valence electrons. The van der Waals surface area contributed by atoms with Gasteiger partial charge in [0.25, 0.3) is 0 Å². The fraction of sp³-hybridized carbons (Fsp3) is 0.278. The minimum absolute atomic E-state index is 0.154. The number of hydrogen-bond acceptors (Lipinski definition) is 3. The van der Waals surface area contributed by atoms with Crippen LogP contribution in [0.2, 0.25) is 0 Å². The number of ketones is 1. The van der Waals surface area contributed by atoms with Gasteiger partial charge < -0.3 is 9.84 Å². The lowest BCUT2D eigenvalue weighted by molar-refractivity contribution is 0.00733. The number of fused-ring (bicyclic) bond motifs is 1. The third-order valence-electron chi connectivity index (χ3n) is 3.94. The van der Waals surface area contributed by atoms with Crippen molar-refractivity contribution in [1.29, 1.82) is 0 Å². The van der Waals surface area contributed by atoms with Crippen LogP contribution in [0.25, 0.3) is 0 Å². The molecule has 0 amide bonds. The highest BCUT2D eigenvalue weighted by Gasteiger charge is 2.26. The molecule has 0 saturated heterocycles. The Kier molecular flexibility index (Phi) is 3.52. The van der Waals surface area contributed by atoms with Crippen molar-refractivity contribution in [2.45, 2.75) is 25.4 Å². The second kappa shape index (κ2) is 5.34. The molecule has 3 heteroatoms. The summed E-state index contributed by atoms with van der Waals surface area (Å²) in [6.07, 6.45) is 1.27. The Bertz CT molecular complexity index is 659. The normalized spacial score (nSPS) is 16.4. The number of ether oxygens (including phenoxy) is 1. The molecular formula is C18H18O3. The molecule has 1 aliphatic rings. The van der Waals surface area contributed by atoms with Gasteiger partial charge in [0, 0.05) is 17.5 Å². The molecule has 0 heterocycles. The van der Waals surface area contributed by atoms with Crippen LogP contribution in [0.3, 0.4) is 0 Å². The van der Waals surface area contributed by atoms with Crippen molar-refractivity contribution in [3.63, 3.8) is 0 Å². The van der Waals surface area contributed by atoms with E-state index >= 15 is 0 Å². The van der Waals surface area contributed by atoms with Crippen molar-refractivity contribution in [2.24, 2.45) is 0 Å². The average Bonchev–Trinajstić information content (AvgIpc) is 2.88. The zero-order valence-electron chi connectivity index (χ0n) is 12.0. The van der Waals surface area contributed by atoms with Gasteiger partial charge >= 0.3 is 0 Å². The second-order valence-corrected chi connectivity index (χ2v) is 5.63. The summed E-state index contributed by atoms with van der Waals surface area (Å²) in [6, 6.07) is 15.0. The van der Waals surface area contributed by atoms with Gasteiger partial charge in [-0.25, -0.2) is 0 Å². The van der Waals surface area contributed by atoms with Gasteiger partial charge in [0.2, 0.25) is 0 Å². The third-order valence-corrected chi connectivity index (χ3v) is 3.94. The molecular weight excluding hydrogens is 264 g/mol. The monoisotopic (exact) mass is 282 g/mol. The van der Waals surface area contributed by atoms with E-state index in [4.69, 9.17) is 4.74 Å². The molecule has 1 atom stereocenters. The fourth-order valence-corrected chi connectivity index (χ4v) is 2.69. The molecule has 21 heavy (non-hydrogen) atoms. The molecule has 2 aromatic rings. The van der Waals surface area contributed by atoms with Crippen LogP contribution < -0.4 is 4.74 Å². The van der Waals surface area contributed by atoms with E-state index in [1.54, 1.807) is 6.92 Å². The molecule has 0 spiro atoms. The molecule has 1 N–H and O–H groups in total. The Morgan fingerprint density at radius 2 is 1.86 bits per heavy atom. The van der Waals surface area contributed by atoms with E-state index in [1.165, 1.54) is 0 Å².